The smallest absolute Gasteiger partial charge is 0.149 e. The van der Waals surface area contributed by atoms with Crippen LogP contribution in [0.4, 0.5) is 8.78 Å². The van der Waals surface area contributed by atoms with Crippen LogP contribution < -0.4 is 0 Å². The van der Waals surface area contributed by atoms with Crippen molar-refractivity contribution >= 4 is 10.9 Å². The van der Waals surface area contributed by atoms with E-state index in [4.69, 9.17) is 0 Å². The first kappa shape index (κ1) is 8.10. The second-order valence-corrected chi connectivity index (χ2v) is 2.94. The van der Waals surface area contributed by atoms with Crippen LogP contribution in [0.3, 0.4) is 0 Å². The number of pyridine rings is 1. The maximum atomic E-state index is 13.1. The van der Waals surface area contributed by atoms with E-state index in [-0.39, 0.29) is 10.9 Å². The number of aryl methyl sites for hydroxylation is 1. The molecule has 2 aromatic rings. The van der Waals surface area contributed by atoms with Crippen LogP contribution in [-0.4, -0.2) is 4.98 Å². The molecule has 1 heterocycles. The second-order valence-electron chi connectivity index (χ2n) is 2.94. The molecule has 0 aliphatic carbocycles. The summed E-state index contributed by atoms with van der Waals surface area (Å²) in [6.07, 6.45) is 1.52. The van der Waals surface area contributed by atoms with Gasteiger partial charge >= 0.3 is 0 Å². The van der Waals surface area contributed by atoms with Gasteiger partial charge in [0.05, 0.1) is 0 Å². The van der Waals surface area contributed by atoms with Crippen LogP contribution in [-0.2, 0) is 0 Å². The average Bonchev–Trinajstić information content (AvgIpc) is 2.12. The van der Waals surface area contributed by atoms with Crippen LogP contribution in [0.2, 0.25) is 0 Å². The topological polar surface area (TPSA) is 12.9 Å². The predicted octanol–water partition coefficient (Wildman–Crippen LogP) is 2.82. The van der Waals surface area contributed by atoms with Crippen molar-refractivity contribution in [3.8, 4) is 0 Å². The molecule has 1 aromatic carbocycles. The fraction of sp³-hybridized carbons (Fsp3) is 0.100. The second kappa shape index (κ2) is 2.76. The first-order valence-electron chi connectivity index (χ1n) is 3.89. The Kier molecular flexibility index (Phi) is 1.72. The number of nitrogens with zero attached hydrogens (tertiary/aromatic N) is 1. The third kappa shape index (κ3) is 1.26. The number of hydrogen-bond acceptors (Lipinski definition) is 1. The van der Waals surface area contributed by atoms with E-state index in [0.717, 1.165) is 17.7 Å². The van der Waals surface area contributed by atoms with Gasteiger partial charge in [0, 0.05) is 11.6 Å². The molecule has 0 radical (unpaired) electrons. The first-order valence-corrected chi connectivity index (χ1v) is 3.89. The highest BCUT2D eigenvalue weighted by Gasteiger charge is 2.06. The van der Waals surface area contributed by atoms with E-state index in [1.165, 1.54) is 6.20 Å². The lowest BCUT2D eigenvalue weighted by molar-refractivity contribution is 0.615. The minimum Gasteiger partial charge on any atom is -0.253 e. The molecule has 13 heavy (non-hydrogen) atoms. The molecule has 0 bridgehead atoms. The molecular formula is C10H7F2N. The molecule has 0 aliphatic rings. The number of aromatic nitrogens is 1. The van der Waals surface area contributed by atoms with E-state index in [0.29, 0.717) is 0 Å². The summed E-state index contributed by atoms with van der Waals surface area (Å²) < 4.78 is 26.2. The lowest BCUT2D eigenvalue weighted by Crippen LogP contribution is -1.88. The van der Waals surface area contributed by atoms with Gasteiger partial charge in [-0.25, -0.2) is 8.78 Å². The van der Waals surface area contributed by atoms with Gasteiger partial charge in [0.2, 0.25) is 0 Å². The summed E-state index contributed by atoms with van der Waals surface area (Å²) in [6, 6.07) is 3.78. The average molecular weight is 179 g/mol. The molecule has 0 spiro atoms. The monoisotopic (exact) mass is 179 g/mol. The fourth-order valence-corrected chi connectivity index (χ4v) is 1.26. The van der Waals surface area contributed by atoms with E-state index in [1.54, 1.807) is 13.0 Å². The van der Waals surface area contributed by atoms with Crippen LogP contribution in [0.15, 0.2) is 24.4 Å². The van der Waals surface area contributed by atoms with Gasteiger partial charge in [0.15, 0.2) is 0 Å². The van der Waals surface area contributed by atoms with Crippen molar-refractivity contribution in [2.45, 2.75) is 6.92 Å². The number of rotatable bonds is 0. The summed E-state index contributed by atoms with van der Waals surface area (Å²) in [4.78, 5) is 3.83. The molecule has 0 aliphatic heterocycles. The van der Waals surface area contributed by atoms with Gasteiger partial charge < -0.3 is 0 Å². The van der Waals surface area contributed by atoms with E-state index in [9.17, 15) is 8.78 Å². The Hall–Kier alpha value is -1.51. The molecule has 1 aromatic heterocycles. The molecule has 0 amide bonds. The zero-order chi connectivity index (χ0) is 9.42. The Morgan fingerprint density at radius 3 is 2.62 bits per heavy atom. The zero-order valence-electron chi connectivity index (χ0n) is 7.01. The molecule has 0 saturated heterocycles. The lowest BCUT2D eigenvalue weighted by Gasteiger charge is -2.00. The van der Waals surface area contributed by atoms with Crippen molar-refractivity contribution in [3.05, 3.63) is 41.6 Å². The third-order valence-electron chi connectivity index (χ3n) is 1.88. The molecule has 0 saturated carbocycles. The summed E-state index contributed by atoms with van der Waals surface area (Å²) >= 11 is 0. The van der Waals surface area contributed by atoms with Gasteiger partial charge in [-0.3, -0.25) is 4.98 Å². The minimum atomic E-state index is -0.489. The highest BCUT2D eigenvalue weighted by Crippen LogP contribution is 2.19. The van der Waals surface area contributed by atoms with Crippen molar-refractivity contribution in [3.63, 3.8) is 0 Å². The SMILES string of the molecule is Cc1cnc2c(F)ccc(F)c2c1. The summed E-state index contributed by atoms with van der Waals surface area (Å²) in [5, 5.41) is 0.236. The summed E-state index contributed by atoms with van der Waals surface area (Å²) in [5.74, 6) is -0.927. The predicted molar refractivity (Wildman–Crippen MR) is 46.4 cm³/mol. The number of hydrogen-bond donors (Lipinski definition) is 0. The van der Waals surface area contributed by atoms with Crippen LogP contribution in [0.25, 0.3) is 10.9 Å². The van der Waals surface area contributed by atoms with Gasteiger partial charge in [0.1, 0.15) is 17.2 Å². The van der Waals surface area contributed by atoms with E-state index >= 15 is 0 Å². The molecule has 66 valence electrons. The molecule has 0 fully saturated rings. The van der Waals surface area contributed by atoms with Crippen LogP contribution >= 0.6 is 0 Å². The Morgan fingerprint density at radius 2 is 1.85 bits per heavy atom. The van der Waals surface area contributed by atoms with Crippen molar-refractivity contribution in [1.29, 1.82) is 0 Å². The fourth-order valence-electron chi connectivity index (χ4n) is 1.26. The van der Waals surface area contributed by atoms with E-state index in [1.807, 2.05) is 0 Å². The van der Waals surface area contributed by atoms with Gasteiger partial charge in [-0.2, -0.15) is 0 Å². The van der Waals surface area contributed by atoms with Crippen LogP contribution in [0.1, 0.15) is 5.56 Å². The molecule has 0 unspecified atom stereocenters. The first-order chi connectivity index (χ1) is 6.18. The third-order valence-corrected chi connectivity index (χ3v) is 1.88. The van der Waals surface area contributed by atoms with Crippen LogP contribution in [0, 0.1) is 18.6 Å². The van der Waals surface area contributed by atoms with Crippen molar-refractivity contribution in [2.75, 3.05) is 0 Å². The molecule has 0 N–H and O–H groups in total. The largest absolute Gasteiger partial charge is 0.253 e. The standard InChI is InChI=1S/C10H7F2N/c1-6-4-7-8(11)2-3-9(12)10(7)13-5-6/h2-5H,1H3. The molecule has 0 atom stereocenters. The molecular weight excluding hydrogens is 172 g/mol. The van der Waals surface area contributed by atoms with Crippen molar-refractivity contribution in [2.24, 2.45) is 0 Å². The summed E-state index contributed by atoms with van der Waals surface area (Å²) in [5.41, 5.74) is 0.905. The van der Waals surface area contributed by atoms with Gasteiger partial charge in [-0.05, 0) is 30.7 Å². The van der Waals surface area contributed by atoms with Gasteiger partial charge in [-0.1, -0.05) is 0 Å². The van der Waals surface area contributed by atoms with Crippen molar-refractivity contribution in [1.82, 2.24) is 4.98 Å². The zero-order valence-corrected chi connectivity index (χ0v) is 7.01. The Balaban J connectivity index is 2.92. The maximum absolute atomic E-state index is 13.1. The Bertz CT molecular complexity index is 466. The number of fused-ring (bicyclic) bond motifs is 1. The summed E-state index contributed by atoms with van der Waals surface area (Å²) in [6.45, 7) is 1.79. The van der Waals surface area contributed by atoms with Crippen molar-refractivity contribution < 1.29 is 8.78 Å². The maximum Gasteiger partial charge on any atom is 0.149 e. The minimum absolute atomic E-state index is 0.0885. The van der Waals surface area contributed by atoms with Crippen LogP contribution in [0.5, 0.6) is 0 Å². The molecule has 2 rings (SSSR count). The Morgan fingerprint density at radius 1 is 1.15 bits per heavy atom. The van der Waals surface area contributed by atoms with E-state index in [2.05, 4.69) is 4.98 Å². The van der Waals surface area contributed by atoms with Gasteiger partial charge in [-0.15, -0.1) is 0 Å². The molecule has 3 heteroatoms. The normalized spacial score (nSPS) is 10.7. The lowest BCUT2D eigenvalue weighted by atomic mass is 10.1. The number of halogens is 2. The Labute approximate surface area is 74.0 Å². The van der Waals surface area contributed by atoms with E-state index < -0.39 is 11.6 Å². The van der Waals surface area contributed by atoms with Gasteiger partial charge in [0.25, 0.3) is 0 Å². The quantitative estimate of drug-likeness (QED) is 0.606. The highest BCUT2D eigenvalue weighted by atomic mass is 19.1. The number of benzene rings is 1. The molecule has 1 nitrogen and oxygen atoms in total. The summed E-state index contributed by atoms with van der Waals surface area (Å²) in [7, 11) is 0. The highest BCUT2D eigenvalue weighted by molar-refractivity contribution is 5.80.